The van der Waals surface area contributed by atoms with Gasteiger partial charge in [-0.3, -0.25) is 14.7 Å². The molecule has 0 spiro atoms. The van der Waals surface area contributed by atoms with Crippen LogP contribution in [0.15, 0.2) is 60.8 Å². The van der Waals surface area contributed by atoms with Crippen LogP contribution in [-0.2, 0) is 11.3 Å². The molecular formula is C28H35N3O2. The maximum Gasteiger partial charge on any atom is 0.224 e. The summed E-state index contributed by atoms with van der Waals surface area (Å²) >= 11 is 0. The number of likely N-dealkylation sites (tertiary alicyclic amines) is 1. The molecule has 2 atom stereocenters. The van der Waals surface area contributed by atoms with E-state index in [2.05, 4.69) is 64.6 Å². The van der Waals surface area contributed by atoms with E-state index in [1.807, 2.05) is 19.1 Å². The topological polar surface area (TPSA) is 54.5 Å². The van der Waals surface area contributed by atoms with Gasteiger partial charge in [-0.05, 0) is 54.3 Å². The van der Waals surface area contributed by atoms with Crippen molar-refractivity contribution in [2.45, 2.75) is 39.7 Å². The minimum Gasteiger partial charge on any atom is -0.492 e. The molecule has 1 N–H and O–H groups in total. The van der Waals surface area contributed by atoms with Crippen LogP contribution in [0.1, 0.15) is 37.4 Å². The second kappa shape index (κ2) is 11.3. The first kappa shape index (κ1) is 23.2. The van der Waals surface area contributed by atoms with Crippen LogP contribution in [0.3, 0.4) is 0 Å². The lowest BCUT2D eigenvalue weighted by Crippen LogP contribution is -2.47. The van der Waals surface area contributed by atoms with Crippen LogP contribution in [-0.4, -0.2) is 42.0 Å². The quantitative estimate of drug-likeness (QED) is 0.472. The number of rotatable bonds is 9. The van der Waals surface area contributed by atoms with Gasteiger partial charge in [0.2, 0.25) is 5.91 Å². The Hall–Kier alpha value is -2.92. The molecule has 1 fully saturated rings. The second-order valence-corrected chi connectivity index (χ2v) is 9.27. The summed E-state index contributed by atoms with van der Waals surface area (Å²) in [5.41, 5.74) is 2.26. The van der Waals surface area contributed by atoms with Gasteiger partial charge in [0, 0.05) is 37.8 Å². The molecule has 0 radical (unpaired) electrons. The number of pyridine rings is 1. The molecule has 5 heteroatoms. The molecule has 1 amide bonds. The number of carbonyl (C=O) groups excluding carboxylic acids is 1. The number of piperidine rings is 1. The molecule has 0 saturated carbocycles. The summed E-state index contributed by atoms with van der Waals surface area (Å²) in [6, 6.07) is 19.0. The summed E-state index contributed by atoms with van der Waals surface area (Å²) in [7, 11) is 0. The monoisotopic (exact) mass is 445 g/mol. The first-order chi connectivity index (χ1) is 16.1. The average Bonchev–Trinajstić information content (AvgIpc) is 2.83. The second-order valence-electron chi connectivity index (χ2n) is 9.27. The number of ether oxygens (including phenoxy) is 1. The molecule has 0 bridgehead atoms. The lowest BCUT2D eigenvalue weighted by Gasteiger charge is -2.37. The summed E-state index contributed by atoms with van der Waals surface area (Å²) in [6.07, 6.45) is 4.73. The number of hydrogen-bond acceptors (Lipinski definition) is 4. The maximum absolute atomic E-state index is 12.9. The average molecular weight is 446 g/mol. The van der Waals surface area contributed by atoms with Crippen molar-refractivity contribution in [1.82, 2.24) is 15.2 Å². The smallest absolute Gasteiger partial charge is 0.224 e. The van der Waals surface area contributed by atoms with Crippen molar-refractivity contribution in [2.75, 3.05) is 26.2 Å². The predicted octanol–water partition coefficient (Wildman–Crippen LogP) is 4.98. The highest BCUT2D eigenvalue weighted by Gasteiger charge is 2.32. The van der Waals surface area contributed by atoms with Gasteiger partial charge in [-0.2, -0.15) is 0 Å². The zero-order chi connectivity index (χ0) is 23.0. The molecule has 5 nitrogen and oxygen atoms in total. The molecule has 1 aliphatic heterocycles. The normalized spacial score (nSPS) is 18.8. The summed E-state index contributed by atoms with van der Waals surface area (Å²) in [5, 5.41) is 5.66. The van der Waals surface area contributed by atoms with Gasteiger partial charge in [0.1, 0.15) is 5.75 Å². The highest BCUT2D eigenvalue weighted by molar-refractivity contribution is 5.83. The van der Waals surface area contributed by atoms with Crippen LogP contribution in [0.5, 0.6) is 5.75 Å². The largest absolute Gasteiger partial charge is 0.492 e. The van der Waals surface area contributed by atoms with E-state index in [-0.39, 0.29) is 11.8 Å². The van der Waals surface area contributed by atoms with Gasteiger partial charge >= 0.3 is 0 Å². The molecule has 1 aliphatic rings. The van der Waals surface area contributed by atoms with Gasteiger partial charge in [-0.15, -0.1) is 0 Å². The minimum absolute atomic E-state index is 0.0131. The van der Waals surface area contributed by atoms with Crippen molar-refractivity contribution in [3.63, 3.8) is 0 Å². The summed E-state index contributed by atoms with van der Waals surface area (Å²) < 4.78 is 6.06. The Kier molecular flexibility index (Phi) is 7.95. The Morgan fingerprint density at radius 3 is 2.76 bits per heavy atom. The van der Waals surface area contributed by atoms with Gasteiger partial charge in [0.05, 0.1) is 18.7 Å². The van der Waals surface area contributed by atoms with Crippen molar-refractivity contribution in [2.24, 2.45) is 11.8 Å². The fraction of sp³-hybridized carbons (Fsp3) is 0.429. The van der Waals surface area contributed by atoms with Crippen molar-refractivity contribution in [3.05, 3.63) is 72.1 Å². The van der Waals surface area contributed by atoms with Gasteiger partial charge in [0.15, 0.2) is 0 Å². The minimum atomic E-state index is -0.0131. The van der Waals surface area contributed by atoms with E-state index >= 15 is 0 Å². The molecular weight excluding hydrogens is 410 g/mol. The van der Waals surface area contributed by atoms with E-state index in [4.69, 9.17) is 4.74 Å². The molecule has 3 aromatic rings. The fourth-order valence-corrected chi connectivity index (χ4v) is 4.62. The summed E-state index contributed by atoms with van der Waals surface area (Å²) in [4.78, 5) is 19.7. The highest BCUT2D eigenvalue weighted by Crippen LogP contribution is 2.26. The molecule has 1 saturated heterocycles. The van der Waals surface area contributed by atoms with Crippen LogP contribution in [0.25, 0.3) is 10.8 Å². The first-order valence-corrected chi connectivity index (χ1v) is 12.1. The predicted molar refractivity (Wildman–Crippen MR) is 133 cm³/mol. The third kappa shape index (κ3) is 6.55. The Bertz CT molecular complexity index is 1050. The Morgan fingerprint density at radius 1 is 1.12 bits per heavy atom. The molecule has 0 unspecified atom stereocenters. The standard InChI is InChI=1S/C28H35N3O2/c1-3-4-13-29-28(32)26-15-23(20-33-27-12-9-21(2)30-16-27)18-31(19-26)17-22-10-11-24-7-5-6-8-25(24)14-22/h5-12,14,16,23,26H,3-4,13,15,17-20H2,1-2H3,(H,29,32)/t23-,26+/m0/s1. The zero-order valence-electron chi connectivity index (χ0n) is 19.8. The van der Waals surface area contributed by atoms with Crippen molar-refractivity contribution in [1.29, 1.82) is 0 Å². The number of aromatic nitrogens is 1. The number of fused-ring (bicyclic) bond motifs is 1. The third-order valence-electron chi connectivity index (χ3n) is 6.40. The van der Waals surface area contributed by atoms with Gasteiger partial charge < -0.3 is 10.1 Å². The van der Waals surface area contributed by atoms with Crippen molar-refractivity contribution < 1.29 is 9.53 Å². The van der Waals surface area contributed by atoms with E-state index in [0.29, 0.717) is 12.5 Å². The number of nitrogens with zero attached hydrogens (tertiary/aromatic N) is 2. The van der Waals surface area contributed by atoms with Crippen LogP contribution < -0.4 is 10.1 Å². The van der Waals surface area contributed by atoms with E-state index in [1.165, 1.54) is 16.3 Å². The zero-order valence-corrected chi connectivity index (χ0v) is 19.8. The first-order valence-electron chi connectivity index (χ1n) is 12.1. The summed E-state index contributed by atoms with van der Waals surface area (Å²) in [5.74, 6) is 1.24. The Balaban J connectivity index is 1.44. The van der Waals surface area contributed by atoms with Crippen LogP contribution in [0.2, 0.25) is 0 Å². The Labute approximate surface area is 197 Å². The lowest BCUT2D eigenvalue weighted by molar-refractivity contribution is -0.127. The number of nitrogens with one attached hydrogen (secondary N) is 1. The molecule has 0 aliphatic carbocycles. The fourth-order valence-electron chi connectivity index (χ4n) is 4.62. The Morgan fingerprint density at radius 2 is 1.97 bits per heavy atom. The van der Waals surface area contributed by atoms with E-state index < -0.39 is 0 Å². The molecule has 174 valence electrons. The van der Waals surface area contributed by atoms with E-state index in [0.717, 1.165) is 56.9 Å². The van der Waals surface area contributed by atoms with Crippen LogP contribution >= 0.6 is 0 Å². The van der Waals surface area contributed by atoms with Crippen molar-refractivity contribution in [3.8, 4) is 5.75 Å². The molecule has 2 aromatic carbocycles. The highest BCUT2D eigenvalue weighted by atomic mass is 16.5. The SMILES string of the molecule is CCCCNC(=O)[C@@H]1C[C@H](COc2ccc(C)nc2)CN(Cc2ccc3ccccc3c2)C1. The molecule has 2 heterocycles. The molecule has 1 aromatic heterocycles. The number of amides is 1. The lowest BCUT2D eigenvalue weighted by atomic mass is 9.88. The number of benzene rings is 2. The van der Waals surface area contributed by atoms with Gasteiger partial charge in [-0.1, -0.05) is 49.7 Å². The van der Waals surface area contributed by atoms with Crippen LogP contribution in [0, 0.1) is 18.8 Å². The number of hydrogen-bond donors (Lipinski definition) is 1. The number of aryl methyl sites for hydroxylation is 1. The van der Waals surface area contributed by atoms with Gasteiger partial charge in [0.25, 0.3) is 0 Å². The van der Waals surface area contributed by atoms with Crippen LogP contribution in [0.4, 0.5) is 0 Å². The number of carbonyl (C=O) groups is 1. The van der Waals surface area contributed by atoms with E-state index in [1.54, 1.807) is 6.20 Å². The molecule has 4 rings (SSSR count). The third-order valence-corrected chi connectivity index (χ3v) is 6.40. The van der Waals surface area contributed by atoms with Crippen molar-refractivity contribution >= 4 is 16.7 Å². The van der Waals surface area contributed by atoms with E-state index in [9.17, 15) is 4.79 Å². The number of unbranched alkanes of at least 4 members (excludes halogenated alkanes) is 1. The van der Waals surface area contributed by atoms with Gasteiger partial charge in [-0.25, -0.2) is 0 Å². The summed E-state index contributed by atoms with van der Waals surface area (Å²) in [6.45, 7) is 8.01. The maximum atomic E-state index is 12.9. The molecule has 33 heavy (non-hydrogen) atoms.